The van der Waals surface area contributed by atoms with Crippen LogP contribution in [0.4, 0.5) is 0 Å². The lowest BCUT2D eigenvalue weighted by Crippen LogP contribution is -2.08. The summed E-state index contributed by atoms with van der Waals surface area (Å²) in [7, 11) is 0. The van der Waals surface area contributed by atoms with Gasteiger partial charge in [0.25, 0.3) is 0 Å². The van der Waals surface area contributed by atoms with Crippen LogP contribution < -0.4 is 5.73 Å². The summed E-state index contributed by atoms with van der Waals surface area (Å²) in [5, 5.41) is 2.07. The summed E-state index contributed by atoms with van der Waals surface area (Å²) in [4.78, 5) is 1.27. The predicted molar refractivity (Wildman–Crippen MR) is 76.7 cm³/mol. The van der Waals surface area contributed by atoms with Crippen molar-refractivity contribution in [3.63, 3.8) is 0 Å². The third kappa shape index (κ3) is 3.67. The van der Waals surface area contributed by atoms with Crippen LogP contribution in [0.5, 0.6) is 0 Å². The van der Waals surface area contributed by atoms with E-state index in [0.717, 1.165) is 0 Å². The van der Waals surface area contributed by atoms with Crippen LogP contribution in [0.15, 0.2) is 41.8 Å². The van der Waals surface area contributed by atoms with Crippen molar-refractivity contribution in [2.24, 2.45) is 5.73 Å². The molecule has 0 fully saturated rings. The van der Waals surface area contributed by atoms with E-state index in [-0.39, 0.29) is 0 Å². The lowest BCUT2D eigenvalue weighted by atomic mass is 10.0. The molecule has 3 heteroatoms. The molecule has 0 bridgehead atoms. The smallest absolute Gasteiger partial charge is 0.0813 e. The van der Waals surface area contributed by atoms with E-state index in [2.05, 4.69) is 42.6 Å². The van der Waals surface area contributed by atoms with E-state index in [4.69, 9.17) is 10.5 Å². The molecule has 0 aliphatic rings. The van der Waals surface area contributed by atoms with Gasteiger partial charge >= 0.3 is 0 Å². The monoisotopic (exact) mass is 261 g/mol. The fourth-order valence-corrected chi connectivity index (χ4v) is 2.38. The zero-order chi connectivity index (χ0) is 12.8. The number of hydrogen-bond acceptors (Lipinski definition) is 3. The first-order chi connectivity index (χ1) is 8.79. The first kappa shape index (κ1) is 13.3. The van der Waals surface area contributed by atoms with Gasteiger partial charge < -0.3 is 10.5 Å². The second-order valence-corrected chi connectivity index (χ2v) is 5.48. The topological polar surface area (TPSA) is 35.2 Å². The van der Waals surface area contributed by atoms with Gasteiger partial charge in [0.05, 0.1) is 13.2 Å². The van der Waals surface area contributed by atoms with Crippen LogP contribution in [0.1, 0.15) is 28.8 Å². The van der Waals surface area contributed by atoms with E-state index < -0.39 is 0 Å². The second kappa shape index (κ2) is 6.69. The van der Waals surface area contributed by atoms with Crippen LogP contribution in [-0.4, -0.2) is 6.54 Å². The van der Waals surface area contributed by atoms with E-state index in [0.29, 0.717) is 25.7 Å². The largest absolute Gasteiger partial charge is 0.371 e. The maximum absolute atomic E-state index is 5.68. The molecule has 0 saturated heterocycles. The van der Waals surface area contributed by atoms with Crippen molar-refractivity contribution in [2.75, 3.05) is 6.54 Å². The molecule has 0 radical (unpaired) electrons. The lowest BCUT2D eigenvalue weighted by molar-refractivity contribution is 0.109. The standard InChI is InChI=1S/C15H19NOS/c1-12(9-16)14-6-4-13(5-7-14)10-17-11-15-3-2-8-18-15/h2-8,12H,9-11,16H2,1H3. The number of benzene rings is 1. The number of ether oxygens (including phenoxy) is 1. The van der Waals surface area contributed by atoms with Gasteiger partial charge in [-0.05, 0) is 35.0 Å². The molecule has 0 saturated carbocycles. The van der Waals surface area contributed by atoms with E-state index in [1.807, 2.05) is 6.07 Å². The Kier molecular flexibility index (Phi) is 4.93. The Hall–Kier alpha value is -1.16. The highest BCUT2D eigenvalue weighted by Crippen LogP contribution is 2.16. The Morgan fingerprint density at radius 1 is 1.17 bits per heavy atom. The van der Waals surface area contributed by atoms with Crippen LogP contribution in [0.3, 0.4) is 0 Å². The number of hydrogen-bond donors (Lipinski definition) is 1. The summed E-state index contributed by atoms with van der Waals surface area (Å²) in [5.74, 6) is 0.422. The average Bonchev–Trinajstić information content (AvgIpc) is 2.92. The summed E-state index contributed by atoms with van der Waals surface area (Å²) in [6, 6.07) is 12.7. The Balaban J connectivity index is 1.83. The van der Waals surface area contributed by atoms with Gasteiger partial charge in [0, 0.05) is 4.88 Å². The summed E-state index contributed by atoms with van der Waals surface area (Å²) in [6.07, 6.45) is 0. The molecule has 1 heterocycles. The van der Waals surface area contributed by atoms with Gasteiger partial charge in [0.1, 0.15) is 0 Å². The minimum Gasteiger partial charge on any atom is -0.371 e. The molecule has 2 aromatic rings. The molecule has 1 atom stereocenters. The van der Waals surface area contributed by atoms with Gasteiger partial charge in [-0.15, -0.1) is 11.3 Å². The predicted octanol–water partition coefficient (Wildman–Crippen LogP) is 3.53. The highest BCUT2D eigenvalue weighted by atomic mass is 32.1. The van der Waals surface area contributed by atoms with Crippen molar-refractivity contribution < 1.29 is 4.74 Å². The average molecular weight is 261 g/mol. The highest BCUT2D eigenvalue weighted by Gasteiger charge is 2.02. The van der Waals surface area contributed by atoms with E-state index >= 15 is 0 Å². The molecule has 2 N–H and O–H groups in total. The maximum Gasteiger partial charge on any atom is 0.0813 e. The third-order valence-corrected chi connectivity index (χ3v) is 3.85. The molecule has 18 heavy (non-hydrogen) atoms. The molecule has 2 nitrogen and oxygen atoms in total. The summed E-state index contributed by atoms with van der Waals surface area (Å²) >= 11 is 1.73. The minimum atomic E-state index is 0.422. The number of rotatable bonds is 6. The van der Waals surface area contributed by atoms with Crippen molar-refractivity contribution in [3.8, 4) is 0 Å². The van der Waals surface area contributed by atoms with Gasteiger partial charge in [-0.3, -0.25) is 0 Å². The van der Waals surface area contributed by atoms with Gasteiger partial charge in [-0.2, -0.15) is 0 Å². The zero-order valence-electron chi connectivity index (χ0n) is 10.6. The highest BCUT2D eigenvalue weighted by molar-refractivity contribution is 7.09. The fourth-order valence-electron chi connectivity index (χ4n) is 1.74. The molecule has 1 unspecified atom stereocenters. The van der Waals surface area contributed by atoms with E-state index in [1.165, 1.54) is 16.0 Å². The Labute approximate surface area is 112 Å². The number of thiophene rings is 1. The SMILES string of the molecule is CC(CN)c1ccc(COCc2cccs2)cc1. The summed E-state index contributed by atoms with van der Waals surface area (Å²) in [5.41, 5.74) is 8.15. The summed E-state index contributed by atoms with van der Waals surface area (Å²) < 4.78 is 5.68. The van der Waals surface area contributed by atoms with Crippen LogP contribution in [0, 0.1) is 0 Å². The molecule has 1 aromatic heterocycles. The Morgan fingerprint density at radius 3 is 2.56 bits per heavy atom. The van der Waals surface area contributed by atoms with Gasteiger partial charge in [-0.1, -0.05) is 37.3 Å². The maximum atomic E-state index is 5.68. The first-order valence-corrected chi connectivity index (χ1v) is 7.06. The van der Waals surface area contributed by atoms with Crippen LogP contribution in [-0.2, 0) is 18.0 Å². The van der Waals surface area contributed by atoms with Crippen molar-refractivity contribution in [1.29, 1.82) is 0 Å². The normalized spacial score (nSPS) is 12.6. The molecule has 0 aliphatic carbocycles. The van der Waals surface area contributed by atoms with Crippen molar-refractivity contribution >= 4 is 11.3 Å². The van der Waals surface area contributed by atoms with E-state index in [9.17, 15) is 0 Å². The van der Waals surface area contributed by atoms with Crippen molar-refractivity contribution in [2.45, 2.75) is 26.1 Å². The summed E-state index contributed by atoms with van der Waals surface area (Å²) in [6.45, 7) is 4.18. The minimum absolute atomic E-state index is 0.422. The Morgan fingerprint density at radius 2 is 1.94 bits per heavy atom. The first-order valence-electron chi connectivity index (χ1n) is 6.18. The molecule has 0 aliphatic heterocycles. The van der Waals surface area contributed by atoms with Crippen LogP contribution >= 0.6 is 11.3 Å². The molecular weight excluding hydrogens is 242 g/mol. The van der Waals surface area contributed by atoms with Gasteiger partial charge in [0.2, 0.25) is 0 Å². The molecule has 2 rings (SSSR count). The van der Waals surface area contributed by atoms with Crippen LogP contribution in [0.25, 0.3) is 0 Å². The van der Waals surface area contributed by atoms with Crippen LogP contribution in [0.2, 0.25) is 0 Å². The lowest BCUT2D eigenvalue weighted by Gasteiger charge is -2.09. The number of nitrogens with two attached hydrogens (primary N) is 1. The quantitative estimate of drug-likeness (QED) is 0.863. The van der Waals surface area contributed by atoms with Crippen molar-refractivity contribution in [3.05, 3.63) is 57.8 Å². The molecule has 0 amide bonds. The van der Waals surface area contributed by atoms with Gasteiger partial charge in [0.15, 0.2) is 0 Å². The molecule has 96 valence electrons. The Bertz CT molecular complexity index is 450. The molecule has 0 spiro atoms. The zero-order valence-corrected chi connectivity index (χ0v) is 11.5. The molecular formula is C15H19NOS. The fraction of sp³-hybridized carbons (Fsp3) is 0.333. The van der Waals surface area contributed by atoms with Crippen molar-refractivity contribution in [1.82, 2.24) is 0 Å². The third-order valence-electron chi connectivity index (χ3n) is 3.00. The molecule has 1 aromatic carbocycles. The van der Waals surface area contributed by atoms with Gasteiger partial charge in [-0.25, -0.2) is 0 Å². The second-order valence-electron chi connectivity index (χ2n) is 4.45. The van der Waals surface area contributed by atoms with E-state index in [1.54, 1.807) is 11.3 Å².